The summed E-state index contributed by atoms with van der Waals surface area (Å²) in [4.78, 5) is 10.1. The van der Waals surface area contributed by atoms with Crippen molar-refractivity contribution in [2.75, 3.05) is 0 Å². The van der Waals surface area contributed by atoms with E-state index in [4.69, 9.17) is 26.9 Å². The highest BCUT2D eigenvalue weighted by molar-refractivity contribution is 6.31. The quantitative estimate of drug-likeness (QED) is 0.694. The minimum absolute atomic E-state index is 0.0671. The van der Waals surface area contributed by atoms with Crippen LogP contribution in [0.15, 0.2) is 42.5 Å². The van der Waals surface area contributed by atoms with Crippen LogP contribution in [0.5, 0.6) is 17.2 Å². The molecule has 0 radical (unpaired) electrons. The van der Waals surface area contributed by atoms with Crippen LogP contribution in [-0.4, -0.2) is 21.6 Å². The van der Waals surface area contributed by atoms with E-state index in [2.05, 4.69) is 0 Å². The number of aldehydes is 1. The highest BCUT2D eigenvalue weighted by Crippen LogP contribution is 2.23. The summed E-state index contributed by atoms with van der Waals surface area (Å²) in [5.74, 6) is -0.265. The Hall–Kier alpha value is -2.20. The summed E-state index contributed by atoms with van der Waals surface area (Å²) in [5, 5.41) is 27.0. The Labute approximate surface area is 109 Å². The van der Waals surface area contributed by atoms with E-state index in [-0.39, 0.29) is 22.8 Å². The molecule has 0 aromatic heterocycles. The monoisotopic (exact) mass is 266 g/mol. The standard InChI is InChI=1S/C7H6O3.C6H5ClO/c8-4-5-6(9)2-1-3-7(5)10;7-5-3-1-2-4-6(5)8/h1-4,9-10H;1-4,8H. The molecule has 0 saturated heterocycles. The predicted molar refractivity (Wildman–Crippen MR) is 68.3 cm³/mol. The number of carbonyl (C=O) groups excluding carboxylic acids is 1. The van der Waals surface area contributed by atoms with Crippen molar-refractivity contribution >= 4 is 17.9 Å². The molecule has 0 amide bonds. The Balaban J connectivity index is 0.000000184. The maximum atomic E-state index is 10.1. The SMILES string of the molecule is O=Cc1c(O)cccc1O.Oc1ccccc1Cl. The Kier molecular flexibility index (Phi) is 5.02. The number of phenolic OH excluding ortho intramolecular Hbond substituents is 3. The van der Waals surface area contributed by atoms with E-state index in [0.717, 1.165) is 0 Å². The van der Waals surface area contributed by atoms with Gasteiger partial charge in [-0.15, -0.1) is 0 Å². The average molecular weight is 267 g/mol. The van der Waals surface area contributed by atoms with Gasteiger partial charge in [0.1, 0.15) is 17.2 Å². The number of para-hydroxylation sites is 1. The smallest absolute Gasteiger partial charge is 0.157 e. The lowest BCUT2D eigenvalue weighted by Crippen LogP contribution is -1.80. The third-order valence-corrected chi connectivity index (χ3v) is 2.35. The van der Waals surface area contributed by atoms with Gasteiger partial charge in [0.15, 0.2) is 6.29 Å². The Morgan fingerprint density at radius 2 is 1.33 bits per heavy atom. The average Bonchev–Trinajstić information content (AvgIpc) is 2.34. The molecule has 2 aromatic carbocycles. The van der Waals surface area contributed by atoms with E-state index < -0.39 is 0 Å². The largest absolute Gasteiger partial charge is 0.507 e. The first-order chi connectivity index (χ1) is 8.56. The fourth-order valence-corrected chi connectivity index (χ4v) is 1.25. The Morgan fingerprint density at radius 1 is 0.833 bits per heavy atom. The molecule has 2 aromatic rings. The van der Waals surface area contributed by atoms with E-state index in [1.807, 2.05) is 0 Å². The van der Waals surface area contributed by atoms with Crippen LogP contribution in [0.2, 0.25) is 5.02 Å². The molecule has 0 atom stereocenters. The van der Waals surface area contributed by atoms with Gasteiger partial charge in [0, 0.05) is 0 Å². The lowest BCUT2D eigenvalue weighted by molar-refractivity contribution is 0.111. The van der Waals surface area contributed by atoms with Crippen molar-refractivity contribution < 1.29 is 20.1 Å². The van der Waals surface area contributed by atoms with Gasteiger partial charge in [0.25, 0.3) is 0 Å². The highest BCUT2D eigenvalue weighted by atomic mass is 35.5. The second-order valence-corrected chi connectivity index (χ2v) is 3.69. The summed E-state index contributed by atoms with van der Waals surface area (Å²) in [6.45, 7) is 0. The lowest BCUT2D eigenvalue weighted by atomic mass is 10.2. The maximum absolute atomic E-state index is 10.1. The second-order valence-electron chi connectivity index (χ2n) is 3.28. The number of phenols is 3. The van der Waals surface area contributed by atoms with Gasteiger partial charge in [-0.25, -0.2) is 0 Å². The van der Waals surface area contributed by atoms with Crippen LogP contribution in [0.3, 0.4) is 0 Å². The van der Waals surface area contributed by atoms with Crippen molar-refractivity contribution in [3.63, 3.8) is 0 Å². The number of halogens is 1. The van der Waals surface area contributed by atoms with Crippen molar-refractivity contribution in [3.8, 4) is 17.2 Å². The molecule has 4 nitrogen and oxygen atoms in total. The van der Waals surface area contributed by atoms with Gasteiger partial charge in [-0.2, -0.15) is 0 Å². The third-order valence-electron chi connectivity index (χ3n) is 2.03. The van der Waals surface area contributed by atoms with Crippen LogP contribution in [0.4, 0.5) is 0 Å². The molecular formula is C13H11ClO4. The van der Waals surface area contributed by atoms with Gasteiger partial charge in [-0.05, 0) is 24.3 Å². The van der Waals surface area contributed by atoms with Crippen molar-refractivity contribution in [3.05, 3.63) is 53.1 Å². The Morgan fingerprint density at radius 3 is 1.67 bits per heavy atom. The van der Waals surface area contributed by atoms with Crippen LogP contribution >= 0.6 is 11.6 Å². The van der Waals surface area contributed by atoms with Gasteiger partial charge < -0.3 is 15.3 Å². The van der Waals surface area contributed by atoms with Crippen LogP contribution < -0.4 is 0 Å². The second kappa shape index (κ2) is 6.51. The lowest BCUT2D eigenvalue weighted by Gasteiger charge is -1.97. The fourth-order valence-electron chi connectivity index (χ4n) is 1.11. The van der Waals surface area contributed by atoms with Gasteiger partial charge in [-0.3, -0.25) is 4.79 Å². The zero-order valence-electron chi connectivity index (χ0n) is 9.25. The van der Waals surface area contributed by atoms with E-state index in [1.54, 1.807) is 24.3 Å². The van der Waals surface area contributed by atoms with Gasteiger partial charge in [0.05, 0.1) is 10.6 Å². The first-order valence-electron chi connectivity index (χ1n) is 4.96. The van der Waals surface area contributed by atoms with Crippen LogP contribution in [0.25, 0.3) is 0 Å². The van der Waals surface area contributed by atoms with E-state index in [0.29, 0.717) is 11.3 Å². The molecule has 0 spiro atoms. The number of rotatable bonds is 1. The van der Waals surface area contributed by atoms with Crippen LogP contribution in [0.1, 0.15) is 10.4 Å². The molecule has 0 saturated carbocycles. The molecule has 0 aliphatic heterocycles. The molecule has 5 heteroatoms. The first kappa shape index (κ1) is 13.9. The third kappa shape index (κ3) is 3.68. The van der Waals surface area contributed by atoms with Crippen molar-refractivity contribution in [1.82, 2.24) is 0 Å². The van der Waals surface area contributed by atoms with E-state index >= 15 is 0 Å². The summed E-state index contributed by atoms with van der Waals surface area (Å²) in [5.41, 5.74) is -0.0671. The summed E-state index contributed by atoms with van der Waals surface area (Å²) >= 11 is 5.46. The number of hydrogen-bond acceptors (Lipinski definition) is 4. The number of carbonyl (C=O) groups is 1. The number of aromatic hydroxyl groups is 3. The van der Waals surface area contributed by atoms with Crippen LogP contribution in [0, 0.1) is 0 Å². The summed E-state index contributed by atoms with van der Waals surface area (Å²) in [6, 6.07) is 10.8. The molecular weight excluding hydrogens is 256 g/mol. The highest BCUT2D eigenvalue weighted by Gasteiger charge is 2.02. The number of benzene rings is 2. The summed E-state index contributed by atoms with van der Waals surface area (Å²) < 4.78 is 0. The van der Waals surface area contributed by atoms with Gasteiger partial charge in [-0.1, -0.05) is 29.8 Å². The zero-order chi connectivity index (χ0) is 13.5. The van der Waals surface area contributed by atoms with Crippen molar-refractivity contribution in [1.29, 1.82) is 0 Å². The topological polar surface area (TPSA) is 77.8 Å². The van der Waals surface area contributed by atoms with E-state index in [9.17, 15) is 4.79 Å². The molecule has 0 aliphatic carbocycles. The maximum Gasteiger partial charge on any atom is 0.157 e. The van der Waals surface area contributed by atoms with Gasteiger partial charge >= 0.3 is 0 Å². The minimum atomic E-state index is -0.199. The first-order valence-corrected chi connectivity index (χ1v) is 5.33. The van der Waals surface area contributed by atoms with Crippen molar-refractivity contribution in [2.24, 2.45) is 0 Å². The number of hydrogen-bond donors (Lipinski definition) is 3. The molecule has 3 N–H and O–H groups in total. The predicted octanol–water partition coefficient (Wildman–Crippen LogP) is 2.96. The summed E-state index contributed by atoms with van der Waals surface area (Å²) in [6.07, 6.45) is 0.407. The normalized spacial score (nSPS) is 9.17. The molecule has 2 rings (SSSR count). The molecule has 0 unspecified atom stereocenters. The van der Waals surface area contributed by atoms with E-state index in [1.165, 1.54) is 18.2 Å². The molecule has 0 fully saturated rings. The zero-order valence-corrected chi connectivity index (χ0v) is 10.0. The van der Waals surface area contributed by atoms with Crippen LogP contribution in [-0.2, 0) is 0 Å². The molecule has 18 heavy (non-hydrogen) atoms. The molecule has 0 aliphatic rings. The molecule has 94 valence electrons. The molecule has 0 heterocycles. The summed E-state index contributed by atoms with van der Waals surface area (Å²) in [7, 11) is 0. The van der Waals surface area contributed by atoms with Gasteiger partial charge in [0.2, 0.25) is 0 Å². The molecule has 0 bridgehead atoms. The minimum Gasteiger partial charge on any atom is -0.507 e. The van der Waals surface area contributed by atoms with Crippen molar-refractivity contribution in [2.45, 2.75) is 0 Å². The fraction of sp³-hybridized carbons (Fsp3) is 0. The Bertz CT molecular complexity index is 499.